The molecule has 0 spiro atoms. The van der Waals surface area contributed by atoms with E-state index in [9.17, 15) is 4.79 Å². The first kappa shape index (κ1) is 22.7. The van der Waals surface area contributed by atoms with E-state index < -0.39 is 5.41 Å². The van der Waals surface area contributed by atoms with E-state index in [1.165, 1.54) is 17.7 Å². The Morgan fingerprint density at radius 3 is 2.56 bits per heavy atom. The molecule has 2 aliphatic heterocycles. The van der Waals surface area contributed by atoms with Gasteiger partial charge in [0.25, 0.3) is 0 Å². The minimum Gasteiger partial charge on any atom is -0.381 e. The van der Waals surface area contributed by atoms with E-state index in [4.69, 9.17) is 10.5 Å². The standard InChI is InChI=1S/C17H27N3O2S.2ClH/c18-13-17(5-9-22-10-6-17)16(21)19-12-14(15-4-3-11-23-15)20-7-1-2-8-20;;/h3-4,11,14H,1-2,5-10,12-13,18H2,(H,19,21);2*1H. The van der Waals surface area contributed by atoms with Crippen LogP contribution >= 0.6 is 36.2 Å². The van der Waals surface area contributed by atoms with Gasteiger partial charge in [-0.25, -0.2) is 0 Å². The number of nitrogens with two attached hydrogens (primary N) is 1. The van der Waals surface area contributed by atoms with Gasteiger partial charge in [0.05, 0.1) is 11.5 Å². The summed E-state index contributed by atoms with van der Waals surface area (Å²) >= 11 is 1.77. The SMILES string of the molecule is Cl.Cl.NCC1(C(=O)NCC(c2cccs2)N2CCCC2)CCOCC1. The van der Waals surface area contributed by atoms with Crippen LogP contribution in [-0.2, 0) is 9.53 Å². The van der Waals surface area contributed by atoms with Crippen LogP contribution in [-0.4, -0.2) is 50.2 Å². The van der Waals surface area contributed by atoms with Gasteiger partial charge < -0.3 is 15.8 Å². The molecule has 0 saturated carbocycles. The first-order valence-electron chi connectivity index (χ1n) is 8.59. The van der Waals surface area contributed by atoms with Crippen molar-refractivity contribution in [1.82, 2.24) is 10.2 Å². The predicted molar refractivity (Wildman–Crippen MR) is 107 cm³/mol. The molecular weight excluding hydrogens is 381 g/mol. The summed E-state index contributed by atoms with van der Waals surface area (Å²) in [4.78, 5) is 16.6. The van der Waals surface area contributed by atoms with Crippen LogP contribution in [0.3, 0.4) is 0 Å². The van der Waals surface area contributed by atoms with E-state index in [0.717, 1.165) is 25.9 Å². The van der Waals surface area contributed by atoms with Crippen molar-refractivity contribution in [3.8, 4) is 0 Å². The van der Waals surface area contributed by atoms with Crippen molar-refractivity contribution in [2.75, 3.05) is 39.4 Å². The number of nitrogens with zero attached hydrogens (tertiary/aromatic N) is 1. The van der Waals surface area contributed by atoms with Gasteiger partial charge in [-0.3, -0.25) is 9.69 Å². The second kappa shape index (κ2) is 10.7. The molecule has 144 valence electrons. The molecule has 2 aliphatic rings. The molecule has 3 heterocycles. The summed E-state index contributed by atoms with van der Waals surface area (Å²) < 4.78 is 5.40. The third-order valence-corrected chi connectivity index (χ3v) is 6.20. The number of halogens is 2. The predicted octanol–water partition coefficient (Wildman–Crippen LogP) is 2.60. The number of hydrogen-bond acceptors (Lipinski definition) is 5. The minimum absolute atomic E-state index is 0. The Kier molecular flexibility index (Phi) is 9.70. The molecule has 0 aromatic carbocycles. The minimum atomic E-state index is -0.441. The second-order valence-corrected chi connectivity index (χ2v) is 7.56. The van der Waals surface area contributed by atoms with E-state index in [2.05, 4.69) is 27.7 Å². The molecule has 1 amide bonds. The Hall–Kier alpha value is -0.370. The van der Waals surface area contributed by atoms with Gasteiger partial charge in [0.15, 0.2) is 0 Å². The largest absolute Gasteiger partial charge is 0.381 e. The lowest BCUT2D eigenvalue weighted by Crippen LogP contribution is -2.50. The molecule has 2 saturated heterocycles. The van der Waals surface area contributed by atoms with Crippen molar-refractivity contribution in [3.05, 3.63) is 22.4 Å². The van der Waals surface area contributed by atoms with Crippen molar-refractivity contribution in [3.63, 3.8) is 0 Å². The zero-order chi connectivity index (χ0) is 16.1. The summed E-state index contributed by atoms with van der Waals surface area (Å²) in [6, 6.07) is 4.55. The highest BCUT2D eigenvalue weighted by atomic mass is 35.5. The maximum absolute atomic E-state index is 12.8. The molecule has 5 nitrogen and oxygen atoms in total. The Balaban J connectivity index is 0.00000156. The summed E-state index contributed by atoms with van der Waals surface area (Å²) in [7, 11) is 0. The number of hydrogen-bond donors (Lipinski definition) is 2. The van der Waals surface area contributed by atoms with Gasteiger partial charge >= 0.3 is 0 Å². The first-order chi connectivity index (χ1) is 11.2. The third-order valence-electron chi connectivity index (χ3n) is 5.23. The van der Waals surface area contributed by atoms with Crippen LogP contribution in [0.15, 0.2) is 17.5 Å². The zero-order valence-electron chi connectivity index (χ0n) is 14.4. The molecule has 3 N–H and O–H groups in total. The lowest BCUT2D eigenvalue weighted by molar-refractivity contribution is -0.136. The average Bonchev–Trinajstić information content (AvgIpc) is 3.29. The summed E-state index contributed by atoms with van der Waals surface area (Å²) in [6.45, 7) is 4.57. The number of nitrogens with one attached hydrogen (secondary N) is 1. The number of amides is 1. The second-order valence-electron chi connectivity index (χ2n) is 6.58. The van der Waals surface area contributed by atoms with Crippen molar-refractivity contribution in [2.24, 2.45) is 11.1 Å². The van der Waals surface area contributed by atoms with E-state index in [0.29, 0.717) is 26.3 Å². The van der Waals surface area contributed by atoms with Gasteiger partial charge in [-0.1, -0.05) is 6.07 Å². The summed E-state index contributed by atoms with van der Waals surface area (Å²) in [5, 5.41) is 5.31. The molecule has 1 unspecified atom stereocenters. The maximum atomic E-state index is 12.8. The molecule has 0 aliphatic carbocycles. The number of rotatable bonds is 6. The van der Waals surface area contributed by atoms with Crippen molar-refractivity contribution < 1.29 is 9.53 Å². The number of carbonyl (C=O) groups is 1. The van der Waals surface area contributed by atoms with E-state index in [-0.39, 0.29) is 36.8 Å². The van der Waals surface area contributed by atoms with Crippen LogP contribution < -0.4 is 11.1 Å². The molecule has 1 aromatic heterocycles. The van der Waals surface area contributed by atoms with Crippen LogP contribution in [0.1, 0.15) is 36.6 Å². The van der Waals surface area contributed by atoms with Crippen LogP contribution in [0.2, 0.25) is 0 Å². The van der Waals surface area contributed by atoms with Crippen LogP contribution in [0.5, 0.6) is 0 Å². The number of likely N-dealkylation sites (tertiary alicyclic amines) is 1. The molecule has 1 aromatic rings. The number of ether oxygens (including phenoxy) is 1. The van der Waals surface area contributed by atoms with Crippen molar-refractivity contribution >= 4 is 42.1 Å². The zero-order valence-corrected chi connectivity index (χ0v) is 16.9. The van der Waals surface area contributed by atoms with E-state index in [1.807, 2.05) is 0 Å². The smallest absolute Gasteiger partial charge is 0.227 e. The maximum Gasteiger partial charge on any atom is 0.227 e. The Bertz CT molecular complexity index is 504. The highest BCUT2D eigenvalue weighted by Crippen LogP contribution is 2.31. The quantitative estimate of drug-likeness (QED) is 0.757. The van der Waals surface area contributed by atoms with Gasteiger partial charge in [-0.15, -0.1) is 36.2 Å². The van der Waals surface area contributed by atoms with Gasteiger partial charge in [0, 0.05) is 31.2 Å². The fraction of sp³-hybridized carbons (Fsp3) is 0.706. The lowest BCUT2D eigenvalue weighted by atomic mass is 9.79. The highest BCUT2D eigenvalue weighted by Gasteiger charge is 2.39. The summed E-state index contributed by atoms with van der Waals surface area (Å²) in [5.41, 5.74) is 5.50. The van der Waals surface area contributed by atoms with Crippen LogP contribution in [0, 0.1) is 5.41 Å². The molecule has 1 atom stereocenters. The molecule has 2 fully saturated rings. The molecule has 0 bridgehead atoms. The summed E-state index contributed by atoms with van der Waals surface area (Å²) in [5.74, 6) is 0.101. The van der Waals surface area contributed by atoms with Crippen molar-refractivity contribution in [1.29, 1.82) is 0 Å². The molecule has 0 radical (unpaired) electrons. The highest BCUT2D eigenvalue weighted by molar-refractivity contribution is 7.10. The fourth-order valence-corrected chi connectivity index (χ4v) is 4.47. The van der Waals surface area contributed by atoms with Crippen LogP contribution in [0.25, 0.3) is 0 Å². The van der Waals surface area contributed by atoms with Gasteiger partial charge in [0.1, 0.15) is 0 Å². The Morgan fingerprint density at radius 2 is 2.00 bits per heavy atom. The van der Waals surface area contributed by atoms with Crippen molar-refractivity contribution in [2.45, 2.75) is 31.7 Å². The van der Waals surface area contributed by atoms with Gasteiger partial charge in [-0.05, 0) is 50.2 Å². The number of thiophene rings is 1. The topological polar surface area (TPSA) is 67.6 Å². The molecule has 25 heavy (non-hydrogen) atoms. The lowest BCUT2D eigenvalue weighted by Gasteiger charge is -2.35. The van der Waals surface area contributed by atoms with Gasteiger partial charge in [-0.2, -0.15) is 0 Å². The summed E-state index contributed by atoms with van der Waals surface area (Å²) in [6.07, 6.45) is 3.95. The Labute approximate surface area is 166 Å². The number of carbonyl (C=O) groups excluding carboxylic acids is 1. The third kappa shape index (κ3) is 5.31. The average molecular weight is 410 g/mol. The molecule has 8 heteroatoms. The van der Waals surface area contributed by atoms with Gasteiger partial charge in [0.2, 0.25) is 5.91 Å². The first-order valence-corrected chi connectivity index (χ1v) is 9.47. The normalized spacial score (nSPS) is 21.0. The Morgan fingerprint density at radius 1 is 1.32 bits per heavy atom. The van der Waals surface area contributed by atoms with E-state index >= 15 is 0 Å². The molecular formula is C17H29Cl2N3O2S. The fourth-order valence-electron chi connectivity index (χ4n) is 3.61. The van der Waals surface area contributed by atoms with Crippen LogP contribution in [0.4, 0.5) is 0 Å². The molecule has 3 rings (SSSR count). The monoisotopic (exact) mass is 409 g/mol. The van der Waals surface area contributed by atoms with E-state index in [1.54, 1.807) is 11.3 Å².